The van der Waals surface area contributed by atoms with Gasteiger partial charge in [0.15, 0.2) is 4.93 Å². The van der Waals surface area contributed by atoms with E-state index >= 15 is 0 Å². The Kier molecular flexibility index (Phi) is 3.84. The van der Waals surface area contributed by atoms with Crippen molar-refractivity contribution >= 4 is 10.1 Å². The Morgan fingerprint density at radius 2 is 2.06 bits per heavy atom. The van der Waals surface area contributed by atoms with E-state index in [4.69, 9.17) is 0 Å². The van der Waals surface area contributed by atoms with Gasteiger partial charge in [-0.2, -0.15) is 0 Å². The van der Waals surface area contributed by atoms with Crippen LogP contribution in [0, 0.1) is 5.82 Å². The molecular weight excluding hydrogens is 246 g/mol. The van der Waals surface area contributed by atoms with Crippen LogP contribution >= 0.6 is 0 Å². The zero-order valence-electron chi connectivity index (χ0n) is 8.60. The molecule has 0 saturated carbocycles. The second-order valence-electron chi connectivity index (χ2n) is 3.54. The molecule has 0 saturated heterocycles. The summed E-state index contributed by atoms with van der Waals surface area (Å²) in [6, 6.07) is 3.31. The molecule has 0 radical (unpaired) electrons. The predicted molar refractivity (Wildman–Crippen MR) is 48.3 cm³/mol. The van der Waals surface area contributed by atoms with Crippen molar-refractivity contribution in [2.75, 3.05) is 0 Å². The van der Waals surface area contributed by atoms with Crippen molar-refractivity contribution in [2.24, 2.45) is 0 Å². The molecule has 1 aromatic rings. The molecule has 7 heteroatoms. The van der Waals surface area contributed by atoms with Crippen LogP contribution < -0.4 is 29.6 Å². The van der Waals surface area contributed by atoms with E-state index in [1.165, 1.54) is 0 Å². The molecule has 82 valence electrons. The molecule has 0 amide bonds. The van der Waals surface area contributed by atoms with E-state index in [2.05, 4.69) is 0 Å². The summed E-state index contributed by atoms with van der Waals surface area (Å²) in [5, 5.41) is 9.75. The number of aliphatic hydroxyl groups is 1. The molecule has 0 bridgehead atoms. The largest absolute Gasteiger partial charge is 1.00 e. The summed E-state index contributed by atoms with van der Waals surface area (Å²) in [5.74, 6) is -0.513. The van der Waals surface area contributed by atoms with Crippen LogP contribution in [0.4, 0.5) is 4.39 Å². The Morgan fingerprint density at radius 3 is 2.62 bits per heavy atom. The minimum Gasteiger partial charge on any atom is -0.745 e. The van der Waals surface area contributed by atoms with Crippen LogP contribution in [0.1, 0.15) is 17.5 Å². The fourth-order valence-electron chi connectivity index (χ4n) is 1.85. The van der Waals surface area contributed by atoms with Gasteiger partial charge in [-0.1, -0.05) is 6.07 Å². The molecule has 2 rings (SSSR count). The second kappa shape index (κ2) is 4.36. The van der Waals surface area contributed by atoms with Crippen molar-refractivity contribution in [3.8, 4) is 0 Å². The van der Waals surface area contributed by atoms with Crippen LogP contribution in [-0.2, 0) is 21.5 Å². The molecular formula is C9H8FNaO4S. The summed E-state index contributed by atoms with van der Waals surface area (Å²) in [7, 11) is -4.85. The van der Waals surface area contributed by atoms with E-state index in [9.17, 15) is 22.5 Å². The quantitative estimate of drug-likeness (QED) is 0.443. The molecule has 0 spiro atoms. The molecule has 16 heavy (non-hydrogen) atoms. The van der Waals surface area contributed by atoms with Crippen LogP contribution in [-0.4, -0.2) is 18.1 Å². The van der Waals surface area contributed by atoms with Crippen molar-refractivity contribution in [3.05, 3.63) is 35.1 Å². The summed E-state index contributed by atoms with van der Waals surface area (Å²) in [4.78, 5) is -2.39. The second-order valence-corrected chi connectivity index (χ2v) is 5.12. The van der Waals surface area contributed by atoms with Gasteiger partial charge in [0, 0.05) is 5.56 Å². The first-order valence-corrected chi connectivity index (χ1v) is 5.72. The van der Waals surface area contributed by atoms with Gasteiger partial charge in [0.25, 0.3) is 0 Å². The molecule has 1 aliphatic rings. The normalized spacial score (nSPS) is 23.7. The maximum absolute atomic E-state index is 12.8. The third-order valence-electron chi connectivity index (χ3n) is 2.63. The van der Waals surface area contributed by atoms with Crippen molar-refractivity contribution in [2.45, 2.75) is 17.8 Å². The van der Waals surface area contributed by atoms with Gasteiger partial charge in [-0.25, -0.2) is 12.8 Å². The Bertz CT molecular complexity index is 516. The average molecular weight is 254 g/mol. The molecule has 0 fully saturated rings. The van der Waals surface area contributed by atoms with Crippen molar-refractivity contribution in [1.29, 1.82) is 0 Å². The molecule has 0 heterocycles. The molecule has 1 aliphatic carbocycles. The minimum atomic E-state index is -4.85. The number of fused-ring (bicyclic) bond motifs is 1. The third-order valence-corrected chi connectivity index (χ3v) is 3.89. The zero-order valence-corrected chi connectivity index (χ0v) is 11.4. The molecule has 1 atom stereocenters. The fourth-order valence-corrected chi connectivity index (χ4v) is 2.67. The first-order chi connectivity index (χ1) is 6.84. The van der Waals surface area contributed by atoms with Gasteiger partial charge < -0.3 is 9.66 Å². The van der Waals surface area contributed by atoms with Gasteiger partial charge in [-0.3, -0.25) is 0 Å². The number of halogens is 1. The van der Waals surface area contributed by atoms with Crippen molar-refractivity contribution in [3.63, 3.8) is 0 Å². The van der Waals surface area contributed by atoms with Gasteiger partial charge in [-0.05, 0) is 30.5 Å². The Labute approximate surface area is 115 Å². The van der Waals surface area contributed by atoms with Gasteiger partial charge in [0.2, 0.25) is 0 Å². The smallest absolute Gasteiger partial charge is 0.745 e. The summed E-state index contributed by atoms with van der Waals surface area (Å²) < 4.78 is 45.5. The number of aryl methyl sites for hydroxylation is 1. The Balaban J connectivity index is 0.00000128. The van der Waals surface area contributed by atoms with E-state index in [0.717, 1.165) is 18.2 Å². The molecule has 1 N–H and O–H groups in total. The topological polar surface area (TPSA) is 77.4 Å². The maximum atomic E-state index is 12.8. The van der Waals surface area contributed by atoms with Crippen molar-refractivity contribution in [1.82, 2.24) is 0 Å². The fraction of sp³-hybridized carbons (Fsp3) is 0.333. The summed E-state index contributed by atoms with van der Waals surface area (Å²) in [6.45, 7) is 0. The third kappa shape index (κ3) is 2.05. The van der Waals surface area contributed by atoms with Crippen molar-refractivity contribution < 1.29 is 52.0 Å². The van der Waals surface area contributed by atoms with E-state index < -0.39 is 20.9 Å². The van der Waals surface area contributed by atoms with Gasteiger partial charge in [0.1, 0.15) is 15.9 Å². The van der Waals surface area contributed by atoms with Crippen LogP contribution in [0.15, 0.2) is 18.2 Å². The molecule has 0 aromatic heterocycles. The van der Waals surface area contributed by atoms with E-state index in [1.54, 1.807) is 0 Å². The minimum absolute atomic E-state index is 0. The summed E-state index contributed by atoms with van der Waals surface area (Å²) in [5.41, 5.74) is 0.371. The first-order valence-electron chi connectivity index (χ1n) is 4.31. The first kappa shape index (κ1) is 14.1. The Morgan fingerprint density at radius 1 is 1.44 bits per heavy atom. The van der Waals surface area contributed by atoms with Gasteiger partial charge in [0.05, 0.1) is 0 Å². The average Bonchev–Trinajstić information content (AvgIpc) is 2.43. The summed E-state index contributed by atoms with van der Waals surface area (Å²) in [6.07, 6.45) is -0.0251. The summed E-state index contributed by atoms with van der Waals surface area (Å²) >= 11 is 0. The molecule has 1 unspecified atom stereocenters. The predicted octanol–water partition coefficient (Wildman–Crippen LogP) is -2.53. The van der Waals surface area contributed by atoms with E-state index in [1.807, 2.05) is 0 Å². The van der Waals surface area contributed by atoms with E-state index in [0.29, 0.717) is 5.56 Å². The number of benzene rings is 1. The zero-order chi connectivity index (χ0) is 11.3. The molecule has 1 aromatic carbocycles. The number of hydrogen-bond donors (Lipinski definition) is 1. The number of hydrogen-bond acceptors (Lipinski definition) is 4. The molecule has 0 aliphatic heterocycles. The van der Waals surface area contributed by atoms with Crippen LogP contribution in [0.3, 0.4) is 0 Å². The SMILES string of the molecule is O=S(=O)([O-])C1(O)CCc2cc(F)ccc21.[Na+]. The van der Waals surface area contributed by atoms with Crippen LogP contribution in [0.5, 0.6) is 0 Å². The van der Waals surface area contributed by atoms with E-state index in [-0.39, 0.29) is 48.0 Å². The monoisotopic (exact) mass is 254 g/mol. The maximum Gasteiger partial charge on any atom is 1.00 e. The van der Waals surface area contributed by atoms with Crippen LogP contribution in [0.2, 0.25) is 0 Å². The van der Waals surface area contributed by atoms with Crippen LogP contribution in [0.25, 0.3) is 0 Å². The van der Waals surface area contributed by atoms with Gasteiger partial charge >= 0.3 is 29.6 Å². The standard InChI is InChI=1S/C9H9FO4S.Na/c10-7-1-2-8-6(5-7)3-4-9(8,11)15(12,13)14;/h1-2,5,11H,3-4H2,(H,12,13,14);/q;+1/p-1. The van der Waals surface area contributed by atoms with Gasteiger partial charge in [-0.15, -0.1) is 0 Å². The Hall–Kier alpha value is 0.0200. The molecule has 4 nitrogen and oxygen atoms in total. The number of rotatable bonds is 1.